The monoisotopic (exact) mass is 328 g/mol. The summed E-state index contributed by atoms with van der Waals surface area (Å²) in [6.45, 7) is 2.56. The van der Waals surface area contributed by atoms with Crippen LogP contribution >= 0.6 is 23.2 Å². The molecule has 9 heteroatoms. The van der Waals surface area contributed by atoms with Crippen molar-refractivity contribution in [1.82, 2.24) is 9.97 Å². The number of halogens is 2. The van der Waals surface area contributed by atoms with Crippen molar-refractivity contribution in [2.45, 2.75) is 6.92 Å². The standard InChI is InChI=1S/C12H10Cl2N4O3/c1-2-15-12-16-4-3-10(17-12)21-11-8(13)5-7(18(19)20)6-9(11)14/h3-6H,2H2,1H3,(H,15,16,17). The Labute approximate surface area is 130 Å². The lowest BCUT2D eigenvalue weighted by atomic mass is 10.3. The normalized spacial score (nSPS) is 10.2. The molecule has 2 rings (SSSR count). The summed E-state index contributed by atoms with van der Waals surface area (Å²) in [6.07, 6.45) is 1.51. The molecule has 0 fully saturated rings. The first-order valence-electron chi connectivity index (χ1n) is 5.89. The Morgan fingerprint density at radius 3 is 2.62 bits per heavy atom. The molecule has 0 aliphatic rings. The highest BCUT2D eigenvalue weighted by molar-refractivity contribution is 6.37. The maximum Gasteiger partial charge on any atom is 0.272 e. The first kappa shape index (κ1) is 15.3. The summed E-state index contributed by atoms with van der Waals surface area (Å²) in [6, 6.07) is 3.85. The van der Waals surface area contributed by atoms with Gasteiger partial charge in [0.2, 0.25) is 11.8 Å². The Bertz CT molecular complexity index is 658. The molecule has 0 unspecified atom stereocenters. The van der Waals surface area contributed by atoms with Crippen LogP contribution < -0.4 is 10.1 Å². The Morgan fingerprint density at radius 2 is 2.05 bits per heavy atom. The summed E-state index contributed by atoms with van der Waals surface area (Å²) >= 11 is 11.9. The van der Waals surface area contributed by atoms with Gasteiger partial charge in [-0.1, -0.05) is 23.2 Å². The molecule has 0 spiro atoms. The van der Waals surface area contributed by atoms with Gasteiger partial charge in [0, 0.05) is 30.9 Å². The first-order chi connectivity index (χ1) is 10.0. The van der Waals surface area contributed by atoms with E-state index in [2.05, 4.69) is 15.3 Å². The Kier molecular flexibility index (Phi) is 4.77. The minimum atomic E-state index is -0.588. The maximum atomic E-state index is 10.7. The molecular formula is C12H10Cl2N4O3. The van der Waals surface area contributed by atoms with Gasteiger partial charge in [0.1, 0.15) is 0 Å². The molecule has 0 bridgehead atoms. The zero-order chi connectivity index (χ0) is 15.4. The van der Waals surface area contributed by atoms with Crippen molar-refractivity contribution in [2.24, 2.45) is 0 Å². The molecular weight excluding hydrogens is 319 g/mol. The average Bonchev–Trinajstić information content (AvgIpc) is 2.43. The number of nitrogens with zero attached hydrogens (tertiary/aromatic N) is 3. The predicted octanol–water partition coefficient (Wildman–Crippen LogP) is 3.92. The molecule has 0 aliphatic carbocycles. The largest absolute Gasteiger partial charge is 0.436 e. The molecule has 110 valence electrons. The second-order valence-corrected chi connectivity index (χ2v) is 4.66. The third-order valence-corrected chi connectivity index (χ3v) is 2.93. The molecule has 1 heterocycles. The molecule has 0 atom stereocenters. The van der Waals surface area contributed by atoms with Crippen molar-refractivity contribution >= 4 is 34.8 Å². The van der Waals surface area contributed by atoms with Gasteiger partial charge in [-0.3, -0.25) is 10.1 Å². The Morgan fingerprint density at radius 1 is 1.38 bits per heavy atom. The lowest BCUT2D eigenvalue weighted by molar-refractivity contribution is -0.384. The second kappa shape index (κ2) is 6.55. The summed E-state index contributed by atoms with van der Waals surface area (Å²) in [4.78, 5) is 18.2. The quantitative estimate of drug-likeness (QED) is 0.660. The molecule has 2 aromatic rings. The van der Waals surface area contributed by atoms with Crippen molar-refractivity contribution < 1.29 is 9.66 Å². The number of non-ortho nitro benzene ring substituents is 1. The number of rotatable bonds is 5. The van der Waals surface area contributed by atoms with Crippen molar-refractivity contribution in [2.75, 3.05) is 11.9 Å². The van der Waals surface area contributed by atoms with Crippen LogP contribution in [-0.4, -0.2) is 21.4 Å². The number of nitrogens with one attached hydrogen (secondary N) is 1. The first-order valence-corrected chi connectivity index (χ1v) is 6.65. The van der Waals surface area contributed by atoms with E-state index in [1.807, 2.05) is 6.92 Å². The zero-order valence-electron chi connectivity index (χ0n) is 10.8. The molecule has 0 saturated carbocycles. The summed E-state index contributed by atoms with van der Waals surface area (Å²) < 4.78 is 5.48. The van der Waals surface area contributed by atoms with Crippen LogP contribution in [0.5, 0.6) is 11.6 Å². The van der Waals surface area contributed by atoms with Crippen LogP contribution in [0.25, 0.3) is 0 Å². The number of nitro benzene ring substituents is 1. The number of benzene rings is 1. The lowest BCUT2D eigenvalue weighted by Crippen LogP contribution is -2.02. The molecule has 7 nitrogen and oxygen atoms in total. The highest BCUT2D eigenvalue weighted by Gasteiger charge is 2.17. The van der Waals surface area contributed by atoms with Crippen molar-refractivity contribution in [3.8, 4) is 11.6 Å². The van der Waals surface area contributed by atoms with E-state index in [-0.39, 0.29) is 27.4 Å². The molecule has 1 N–H and O–H groups in total. The summed E-state index contributed by atoms with van der Waals surface area (Å²) in [5.41, 5.74) is -0.214. The lowest BCUT2D eigenvalue weighted by Gasteiger charge is -2.09. The van der Waals surface area contributed by atoms with Gasteiger partial charge in [-0.25, -0.2) is 4.98 Å². The van der Waals surface area contributed by atoms with Crippen LogP contribution in [0.2, 0.25) is 10.0 Å². The van der Waals surface area contributed by atoms with Crippen LogP contribution in [0.15, 0.2) is 24.4 Å². The van der Waals surface area contributed by atoms with Gasteiger partial charge in [0.05, 0.1) is 15.0 Å². The number of hydrogen-bond donors (Lipinski definition) is 1. The molecule has 1 aromatic carbocycles. The smallest absolute Gasteiger partial charge is 0.272 e. The van der Waals surface area contributed by atoms with E-state index in [0.717, 1.165) is 12.1 Å². The van der Waals surface area contributed by atoms with E-state index in [1.54, 1.807) is 0 Å². The third-order valence-electron chi connectivity index (χ3n) is 2.37. The molecule has 0 aliphatic heterocycles. The van der Waals surface area contributed by atoms with Gasteiger partial charge in [0.15, 0.2) is 5.75 Å². The maximum absolute atomic E-state index is 10.7. The molecule has 21 heavy (non-hydrogen) atoms. The molecule has 0 saturated heterocycles. The van der Waals surface area contributed by atoms with Crippen LogP contribution in [-0.2, 0) is 0 Å². The average molecular weight is 329 g/mol. The minimum Gasteiger partial charge on any atom is -0.436 e. The SMILES string of the molecule is CCNc1nccc(Oc2c(Cl)cc([N+](=O)[O-])cc2Cl)n1. The van der Waals surface area contributed by atoms with Crippen molar-refractivity contribution in [3.63, 3.8) is 0 Å². The number of hydrogen-bond acceptors (Lipinski definition) is 6. The second-order valence-electron chi connectivity index (χ2n) is 3.85. The van der Waals surface area contributed by atoms with E-state index < -0.39 is 4.92 Å². The van der Waals surface area contributed by atoms with Gasteiger partial charge >= 0.3 is 0 Å². The van der Waals surface area contributed by atoms with Gasteiger partial charge in [-0.05, 0) is 6.92 Å². The number of anilines is 1. The fourth-order valence-electron chi connectivity index (χ4n) is 1.50. The van der Waals surface area contributed by atoms with E-state index >= 15 is 0 Å². The highest BCUT2D eigenvalue weighted by Crippen LogP contribution is 2.38. The van der Waals surface area contributed by atoms with Gasteiger partial charge in [-0.15, -0.1) is 0 Å². The number of nitro groups is 1. The summed E-state index contributed by atoms with van der Waals surface area (Å²) in [5, 5.41) is 13.7. The van der Waals surface area contributed by atoms with E-state index in [4.69, 9.17) is 27.9 Å². The van der Waals surface area contributed by atoms with Gasteiger partial charge in [-0.2, -0.15) is 4.98 Å². The van der Waals surface area contributed by atoms with E-state index in [0.29, 0.717) is 12.5 Å². The molecule has 0 amide bonds. The van der Waals surface area contributed by atoms with Crippen molar-refractivity contribution in [1.29, 1.82) is 0 Å². The fourth-order valence-corrected chi connectivity index (χ4v) is 2.05. The highest BCUT2D eigenvalue weighted by atomic mass is 35.5. The van der Waals surface area contributed by atoms with Crippen LogP contribution in [0.4, 0.5) is 11.6 Å². The predicted molar refractivity (Wildman–Crippen MR) is 79.4 cm³/mol. The zero-order valence-corrected chi connectivity index (χ0v) is 12.4. The number of ether oxygens (including phenoxy) is 1. The topological polar surface area (TPSA) is 90.2 Å². The minimum absolute atomic E-state index is 0.0258. The summed E-state index contributed by atoms with van der Waals surface area (Å²) in [7, 11) is 0. The fraction of sp³-hybridized carbons (Fsp3) is 0.167. The van der Waals surface area contributed by atoms with Gasteiger partial charge in [0.25, 0.3) is 5.69 Å². The third kappa shape index (κ3) is 3.71. The van der Waals surface area contributed by atoms with E-state index in [9.17, 15) is 10.1 Å². The van der Waals surface area contributed by atoms with Crippen molar-refractivity contribution in [3.05, 3.63) is 44.6 Å². The molecule has 1 aromatic heterocycles. The van der Waals surface area contributed by atoms with E-state index in [1.165, 1.54) is 12.3 Å². The van der Waals surface area contributed by atoms with Crippen LogP contribution in [0.3, 0.4) is 0 Å². The Balaban J connectivity index is 2.31. The Hall–Kier alpha value is -2.12. The van der Waals surface area contributed by atoms with Crippen LogP contribution in [0, 0.1) is 10.1 Å². The van der Waals surface area contributed by atoms with Crippen LogP contribution in [0.1, 0.15) is 6.92 Å². The summed E-state index contributed by atoms with van der Waals surface area (Å²) in [5.74, 6) is 0.716. The molecule has 0 radical (unpaired) electrons. The number of aromatic nitrogens is 2. The van der Waals surface area contributed by atoms with Gasteiger partial charge < -0.3 is 10.1 Å².